The minimum Gasteiger partial charge on any atom is -0.410 e. The van der Waals surface area contributed by atoms with Gasteiger partial charge in [0.1, 0.15) is 0 Å². The van der Waals surface area contributed by atoms with Crippen LogP contribution in [-0.4, -0.2) is 36.1 Å². The molecule has 0 bridgehead atoms. The summed E-state index contributed by atoms with van der Waals surface area (Å²) < 4.78 is 5.67. The van der Waals surface area contributed by atoms with Crippen molar-refractivity contribution in [3.63, 3.8) is 0 Å². The third-order valence-corrected chi connectivity index (χ3v) is 4.61. The van der Waals surface area contributed by atoms with Crippen molar-refractivity contribution in [1.82, 2.24) is 0 Å². The number of carbonyl (C=O) groups is 1. The molecule has 0 aromatic heterocycles. The SMILES string of the molecule is O=C1/C(=N\O)c2ccc(-c3ccccc3)cc2N1CC1CCCO1. The lowest BCUT2D eigenvalue weighted by Gasteiger charge is -2.21. The lowest BCUT2D eigenvalue weighted by Crippen LogP contribution is -2.36. The molecule has 2 aliphatic heterocycles. The fourth-order valence-electron chi connectivity index (χ4n) is 3.39. The Kier molecular flexibility index (Phi) is 3.78. The van der Waals surface area contributed by atoms with E-state index in [9.17, 15) is 10.0 Å². The molecule has 1 atom stereocenters. The highest BCUT2D eigenvalue weighted by atomic mass is 16.5. The van der Waals surface area contributed by atoms with Gasteiger partial charge in [0.05, 0.1) is 18.3 Å². The average molecular weight is 322 g/mol. The second kappa shape index (κ2) is 6.09. The molecule has 1 N–H and O–H groups in total. The van der Waals surface area contributed by atoms with Gasteiger partial charge in [-0.2, -0.15) is 0 Å². The van der Waals surface area contributed by atoms with Gasteiger partial charge in [0, 0.05) is 12.2 Å². The van der Waals surface area contributed by atoms with Crippen molar-refractivity contribution in [1.29, 1.82) is 0 Å². The Hall–Kier alpha value is -2.66. The van der Waals surface area contributed by atoms with Crippen LogP contribution in [-0.2, 0) is 9.53 Å². The van der Waals surface area contributed by atoms with Gasteiger partial charge in [-0.05, 0) is 36.1 Å². The molecule has 0 saturated carbocycles. The number of fused-ring (bicyclic) bond motifs is 1. The van der Waals surface area contributed by atoms with Crippen molar-refractivity contribution < 1.29 is 14.7 Å². The molecule has 0 spiro atoms. The summed E-state index contributed by atoms with van der Waals surface area (Å²) >= 11 is 0. The van der Waals surface area contributed by atoms with Crippen molar-refractivity contribution in [2.24, 2.45) is 5.16 Å². The second-order valence-electron chi connectivity index (χ2n) is 6.10. The van der Waals surface area contributed by atoms with E-state index in [1.807, 2.05) is 48.5 Å². The van der Waals surface area contributed by atoms with Crippen molar-refractivity contribution in [2.45, 2.75) is 18.9 Å². The van der Waals surface area contributed by atoms with Gasteiger partial charge in [0.2, 0.25) is 0 Å². The molecule has 2 aliphatic rings. The maximum Gasteiger partial charge on any atom is 0.281 e. The molecule has 1 saturated heterocycles. The number of rotatable bonds is 3. The fourth-order valence-corrected chi connectivity index (χ4v) is 3.39. The summed E-state index contributed by atoms with van der Waals surface area (Å²) in [6.07, 6.45) is 2.01. The van der Waals surface area contributed by atoms with Crippen molar-refractivity contribution in [3.05, 3.63) is 54.1 Å². The summed E-state index contributed by atoms with van der Waals surface area (Å²) in [4.78, 5) is 14.3. The summed E-state index contributed by atoms with van der Waals surface area (Å²) in [5, 5.41) is 12.5. The maximum atomic E-state index is 12.6. The monoisotopic (exact) mass is 322 g/mol. The Morgan fingerprint density at radius 1 is 1.17 bits per heavy atom. The van der Waals surface area contributed by atoms with E-state index in [4.69, 9.17) is 4.74 Å². The molecule has 122 valence electrons. The van der Waals surface area contributed by atoms with Crippen LogP contribution in [0.25, 0.3) is 11.1 Å². The Morgan fingerprint density at radius 2 is 2.00 bits per heavy atom. The first kappa shape index (κ1) is 14.9. The minimum absolute atomic E-state index is 0.0419. The number of carbonyl (C=O) groups excluding carboxylic acids is 1. The molecule has 5 heteroatoms. The molecule has 2 heterocycles. The van der Waals surface area contributed by atoms with Gasteiger partial charge in [-0.1, -0.05) is 41.6 Å². The zero-order valence-electron chi connectivity index (χ0n) is 13.2. The van der Waals surface area contributed by atoms with Crippen LogP contribution in [0.1, 0.15) is 18.4 Å². The Labute approximate surface area is 140 Å². The van der Waals surface area contributed by atoms with Gasteiger partial charge in [-0.25, -0.2) is 0 Å². The van der Waals surface area contributed by atoms with E-state index in [-0.39, 0.29) is 17.7 Å². The maximum absolute atomic E-state index is 12.6. The van der Waals surface area contributed by atoms with Crippen LogP contribution < -0.4 is 4.90 Å². The molecular formula is C19H18N2O3. The minimum atomic E-state index is -0.270. The topological polar surface area (TPSA) is 62.1 Å². The molecule has 2 aromatic carbocycles. The van der Waals surface area contributed by atoms with E-state index in [2.05, 4.69) is 5.16 Å². The van der Waals surface area contributed by atoms with Crippen LogP contribution in [0, 0.1) is 0 Å². The first-order valence-corrected chi connectivity index (χ1v) is 8.13. The van der Waals surface area contributed by atoms with E-state index in [1.165, 1.54) is 0 Å². The van der Waals surface area contributed by atoms with E-state index in [1.54, 1.807) is 4.90 Å². The third kappa shape index (κ3) is 2.47. The number of hydrogen-bond acceptors (Lipinski definition) is 4. The molecule has 0 radical (unpaired) electrons. The molecule has 2 aromatic rings. The largest absolute Gasteiger partial charge is 0.410 e. The average Bonchev–Trinajstić information content (AvgIpc) is 3.23. The van der Waals surface area contributed by atoms with E-state index in [0.717, 1.165) is 36.3 Å². The smallest absolute Gasteiger partial charge is 0.281 e. The highest BCUT2D eigenvalue weighted by molar-refractivity contribution is 6.54. The van der Waals surface area contributed by atoms with Crippen LogP contribution in [0.3, 0.4) is 0 Å². The fraction of sp³-hybridized carbons (Fsp3) is 0.263. The van der Waals surface area contributed by atoms with Gasteiger partial charge in [-0.3, -0.25) is 4.79 Å². The first-order valence-electron chi connectivity index (χ1n) is 8.13. The predicted molar refractivity (Wildman–Crippen MR) is 91.5 cm³/mol. The second-order valence-corrected chi connectivity index (χ2v) is 6.10. The highest BCUT2D eigenvalue weighted by Gasteiger charge is 2.36. The highest BCUT2D eigenvalue weighted by Crippen LogP contribution is 2.34. The van der Waals surface area contributed by atoms with Gasteiger partial charge in [-0.15, -0.1) is 0 Å². The van der Waals surface area contributed by atoms with Crippen LogP contribution >= 0.6 is 0 Å². The quantitative estimate of drug-likeness (QED) is 0.698. The van der Waals surface area contributed by atoms with Gasteiger partial charge in [0.25, 0.3) is 5.91 Å². The number of oxime groups is 1. The van der Waals surface area contributed by atoms with Crippen molar-refractivity contribution in [3.8, 4) is 11.1 Å². The molecule has 5 nitrogen and oxygen atoms in total. The van der Waals surface area contributed by atoms with Crippen LogP contribution in [0.5, 0.6) is 0 Å². The third-order valence-electron chi connectivity index (χ3n) is 4.61. The van der Waals surface area contributed by atoms with Gasteiger partial charge < -0.3 is 14.8 Å². The molecule has 1 amide bonds. The molecule has 24 heavy (non-hydrogen) atoms. The number of nitrogens with zero attached hydrogens (tertiary/aromatic N) is 2. The molecule has 0 aliphatic carbocycles. The first-order chi connectivity index (χ1) is 11.8. The standard InChI is InChI=1S/C19H18N2O3/c22-19-18(20-23)16-9-8-14(13-5-2-1-3-6-13)11-17(16)21(19)12-15-7-4-10-24-15/h1-3,5-6,8-9,11,15,23H,4,7,10,12H2/b20-18-. The van der Waals surface area contributed by atoms with E-state index < -0.39 is 0 Å². The summed E-state index contributed by atoms with van der Waals surface area (Å²) in [5.74, 6) is -0.270. The number of ether oxygens (including phenoxy) is 1. The lowest BCUT2D eigenvalue weighted by atomic mass is 10.0. The number of amides is 1. The van der Waals surface area contributed by atoms with E-state index in [0.29, 0.717) is 12.1 Å². The number of hydrogen-bond donors (Lipinski definition) is 1. The number of anilines is 1. The van der Waals surface area contributed by atoms with Gasteiger partial charge >= 0.3 is 0 Å². The molecular weight excluding hydrogens is 304 g/mol. The van der Waals surface area contributed by atoms with E-state index >= 15 is 0 Å². The summed E-state index contributed by atoms with van der Waals surface area (Å²) in [7, 11) is 0. The van der Waals surface area contributed by atoms with Crippen molar-refractivity contribution >= 4 is 17.3 Å². The lowest BCUT2D eigenvalue weighted by molar-refractivity contribution is -0.112. The Bertz CT molecular complexity index is 796. The van der Waals surface area contributed by atoms with Crippen LogP contribution in [0.4, 0.5) is 5.69 Å². The summed E-state index contributed by atoms with van der Waals surface area (Å²) in [5.41, 5.74) is 3.66. The molecule has 1 unspecified atom stereocenters. The summed E-state index contributed by atoms with van der Waals surface area (Å²) in [6.45, 7) is 1.23. The van der Waals surface area contributed by atoms with Crippen LogP contribution in [0.15, 0.2) is 53.7 Å². The zero-order chi connectivity index (χ0) is 16.5. The van der Waals surface area contributed by atoms with Crippen LogP contribution in [0.2, 0.25) is 0 Å². The summed E-state index contributed by atoms with van der Waals surface area (Å²) in [6, 6.07) is 15.8. The van der Waals surface area contributed by atoms with Gasteiger partial charge in [0.15, 0.2) is 5.71 Å². The Morgan fingerprint density at radius 3 is 2.71 bits per heavy atom. The molecule has 4 rings (SSSR count). The zero-order valence-corrected chi connectivity index (χ0v) is 13.2. The van der Waals surface area contributed by atoms with Crippen molar-refractivity contribution in [2.75, 3.05) is 18.1 Å². The Balaban J connectivity index is 1.74. The number of benzene rings is 2. The predicted octanol–water partition coefficient (Wildman–Crippen LogP) is 3.06. The normalized spacial score (nSPS) is 21.5. The molecule has 1 fully saturated rings.